The number of rotatable bonds is 9. The Kier molecular flexibility index (Phi) is 10.5. The van der Waals surface area contributed by atoms with Gasteiger partial charge in [-0.25, -0.2) is 9.97 Å². The molecule has 0 saturated heterocycles. The molecule has 8 heteroatoms. The average Bonchev–Trinajstić information content (AvgIpc) is 3.93. The summed E-state index contributed by atoms with van der Waals surface area (Å²) in [5.41, 5.74) is 27.4. The second-order valence-electron chi connectivity index (χ2n) is 17.8. The summed E-state index contributed by atoms with van der Waals surface area (Å²) in [6.45, 7) is 4.13. The first-order chi connectivity index (χ1) is 34.2. The monoisotopic (exact) mass is 938 g/mol. The summed E-state index contributed by atoms with van der Waals surface area (Å²) in [6.07, 6.45) is 0. The van der Waals surface area contributed by atoms with Crippen molar-refractivity contribution in [3.8, 4) is 55.9 Å². The number of anilines is 2. The van der Waals surface area contributed by atoms with Crippen LogP contribution in [0.25, 0.3) is 97.9 Å². The van der Waals surface area contributed by atoms with Crippen molar-refractivity contribution >= 4 is 87.6 Å². The van der Waals surface area contributed by atoms with Crippen LogP contribution in [-0.4, -0.2) is 21.5 Å². The molecule has 0 amide bonds. The molecule has 334 valence electrons. The maximum atomic E-state index is 14.4. The van der Waals surface area contributed by atoms with Gasteiger partial charge < -0.3 is 11.5 Å². The van der Waals surface area contributed by atoms with Gasteiger partial charge in [0, 0.05) is 33.0 Å². The van der Waals surface area contributed by atoms with Crippen LogP contribution in [0.4, 0.5) is 11.4 Å². The van der Waals surface area contributed by atoms with Crippen molar-refractivity contribution in [3.05, 3.63) is 226 Å². The van der Waals surface area contributed by atoms with Crippen LogP contribution < -0.4 is 11.5 Å². The van der Waals surface area contributed by atoms with Crippen LogP contribution in [0.3, 0.4) is 0 Å². The van der Waals surface area contributed by atoms with E-state index >= 15 is 0 Å². The third kappa shape index (κ3) is 7.42. The van der Waals surface area contributed by atoms with Crippen LogP contribution >= 0.6 is 22.7 Å². The zero-order chi connectivity index (χ0) is 47.6. The molecule has 0 aliphatic carbocycles. The van der Waals surface area contributed by atoms with Crippen molar-refractivity contribution < 1.29 is 9.59 Å². The Morgan fingerprint density at radius 3 is 1.16 bits per heavy atom. The second kappa shape index (κ2) is 17.2. The number of carbonyl (C=O) groups excluding carboxylic acids is 2. The van der Waals surface area contributed by atoms with Gasteiger partial charge >= 0.3 is 0 Å². The Bertz CT molecular complexity index is 3780. The summed E-state index contributed by atoms with van der Waals surface area (Å²) in [7, 11) is 0. The molecular formula is C62H42N4O2S2. The van der Waals surface area contributed by atoms with Crippen LogP contribution in [0, 0.1) is 13.8 Å². The number of nitrogens with two attached hydrogens (primary N) is 2. The number of fused-ring (bicyclic) bond motifs is 4. The maximum absolute atomic E-state index is 14.4. The van der Waals surface area contributed by atoms with Crippen LogP contribution in [0.1, 0.15) is 41.6 Å². The molecule has 0 fully saturated rings. The molecule has 0 saturated carbocycles. The Morgan fingerprint density at radius 1 is 0.400 bits per heavy atom. The zero-order valence-electron chi connectivity index (χ0n) is 38.2. The summed E-state index contributed by atoms with van der Waals surface area (Å²) >= 11 is 2.66. The molecule has 4 N–H and O–H groups in total. The topological polar surface area (TPSA) is 112 Å². The molecule has 0 radical (unpaired) electrons. The third-order valence-corrected chi connectivity index (χ3v) is 15.5. The predicted molar refractivity (Wildman–Crippen MR) is 293 cm³/mol. The molecule has 0 bridgehead atoms. The molecule has 0 unspecified atom stereocenters. The SMILES string of the molecule is Cc1ccc(-c2cc(-c3cccc4ccccc34)nc3sc(C(=O)c4ccc(-c5ccc(C(=O)c6sc7nc(-c8cccc9ccccc89)cc(-c8ccc(C)cc8)c7c6N)cc5)cc4)c(N)c23)cc1. The number of benzene rings is 8. The number of aromatic nitrogens is 2. The lowest BCUT2D eigenvalue weighted by Crippen LogP contribution is -2.03. The Labute approximate surface area is 412 Å². The number of ketones is 2. The van der Waals surface area contributed by atoms with Gasteiger partial charge in [0.05, 0.1) is 22.8 Å². The minimum Gasteiger partial charge on any atom is -0.397 e. The number of nitrogens with zero attached hydrogens (tertiary/aromatic N) is 2. The van der Waals surface area contributed by atoms with Gasteiger partial charge in [0.2, 0.25) is 11.6 Å². The normalized spacial score (nSPS) is 11.5. The molecule has 8 aromatic carbocycles. The van der Waals surface area contributed by atoms with Crippen molar-refractivity contribution in [3.63, 3.8) is 0 Å². The van der Waals surface area contributed by atoms with Gasteiger partial charge in [0.1, 0.15) is 19.4 Å². The van der Waals surface area contributed by atoms with Crippen LogP contribution in [0.15, 0.2) is 194 Å². The number of aryl methyl sites for hydroxylation is 2. The summed E-state index contributed by atoms with van der Waals surface area (Å²) in [6, 6.07) is 65.1. The minimum absolute atomic E-state index is 0.167. The molecule has 4 heterocycles. The fourth-order valence-electron chi connectivity index (χ4n) is 9.56. The highest BCUT2D eigenvalue weighted by Gasteiger charge is 2.25. The third-order valence-electron chi connectivity index (χ3n) is 13.3. The molecule has 12 rings (SSSR count). The standard InChI is InChI=1S/C62H42N4O2S2/c1-35-17-21-41(22-18-35)49-33-51(47-15-7-11-39-9-3-5-13-45(39)47)65-61-53(49)55(63)59(69-61)57(67)43-29-25-37(26-30-43)38-27-31-44(32-28-38)58(68)60-56(64)54-50(42-23-19-36(2)20-24-42)34-52(66-62(54)70-60)48-16-8-12-40-10-4-6-14-46(40)48/h3-34H,63-64H2,1-2H3. The fourth-order valence-corrected chi connectivity index (χ4v) is 11.7. The highest BCUT2D eigenvalue weighted by atomic mass is 32.1. The molecule has 0 atom stereocenters. The quantitative estimate of drug-likeness (QED) is 0.139. The van der Waals surface area contributed by atoms with E-state index in [1.807, 2.05) is 72.8 Å². The first-order valence-electron chi connectivity index (χ1n) is 23.0. The number of carbonyl (C=O) groups is 2. The second-order valence-corrected chi connectivity index (χ2v) is 19.8. The first kappa shape index (κ1) is 42.8. The Balaban J connectivity index is 0.852. The predicted octanol–water partition coefficient (Wildman–Crippen LogP) is 15.8. The van der Waals surface area contributed by atoms with E-state index in [2.05, 4.69) is 135 Å². The van der Waals surface area contributed by atoms with Crippen molar-refractivity contribution in [2.45, 2.75) is 13.8 Å². The molecule has 0 aliphatic heterocycles. The number of hydrogen-bond donors (Lipinski definition) is 2. The highest BCUT2D eigenvalue weighted by Crippen LogP contribution is 2.45. The van der Waals surface area contributed by atoms with E-state index in [0.717, 1.165) is 99.3 Å². The molecule has 6 nitrogen and oxygen atoms in total. The highest BCUT2D eigenvalue weighted by molar-refractivity contribution is 7.22. The van der Waals surface area contributed by atoms with Gasteiger partial charge in [0.25, 0.3) is 0 Å². The number of hydrogen-bond acceptors (Lipinski definition) is 8. The lowest BCUT2D eigenvalue weighted by molar-refractivity contribution is 0.103. The van der Waals surface area contributed by atoms with Gasteiger partial charge in [-0.2, -0.15) is 0 Å². The molecule has 4 aromatic heterocycles. The summed E-state index contributed by atoms with van der Waals surface area (Å²) in [5, 5.41) is 6.02. The Morgan fingerprint density at radius 2 is 0.757 bits per heavy atom. The lowest BCUT2D eigenvalue weighted by Gasteiger charge is -2.11. The van der Waals surface area contributed by atoms with Crippen molar-refractivity contribution in [2.75, 3.05) is 11.5 Å². The van der Waals surface area contributed by atoms with Crippen molar-refractivity contribution in [2.24, 2.45) is 0 Å². The van der Waals surface area contributed by atoms with E-state index < -0.39 is 0 Å². The van der Waals surface area contributed by atoms with E-state index in [9.17, 15) is 9.59 Å². The largest absolute Gasteiger partial charge is 0.397 e. The zero-order valence-corrected chi connectivity index (χ0v) is 39.8. The van der Waals surface area contributed by atoms with Gasteiger partial charge in [-0.3, -0.25) is 9.59 Å². The van der Waals surface area contributed by atoms with E-state index in [0.29, 0.717) is 41.9 Å². The van der Waals surface area contributed by atoms with Crippen molar-refractivity contribution in [1.29, 1.82) is 0 Å². The summed E-state index contributed by atoms with van der Waals surface area (Å²) in [4.78, 5) is 41.4. The molecule has 0 spiro atoms. The summed E-state index contributed by atoms with van der Waals surface area (Å²) in [5.74, 6) is -0.334. The molecule has 12 aromatic rings. The average molecular weight is 939 g/mol. The lowest BCUT2D eigenvalue weighted by atomic mass is 9.96. The van der Waals surface area contributed by atoms with Gasteiger partial charge in [-0.1, -0.05) is 193 Å². The van der Waals surface area contributed by atoms with Gasteiger partial charge in [-0.05, 0) is 80.9 Å². The van der Waals surface area contributed by atoms with Crippen LogP contribution in [0.5, 0.6) is 0 Å². The maximum Gasteiger partial charge on any atom is 0.205 e. The fraction of sp³-hybridized carbons (Fsp3) is 0.0323. The number of thiophene rings is 2. The number of pyridine rings is 2. The smallest absolute Gasteiger partial charge is 0.205 e. The number of nitrogen functional groups attached to an aromatic ring is 2. The van der Waals surface area contributed by atoms with Gasteiger partial charge in [-0.15, -0.1) is 22.7 Å². The van der Waals surface area contributed by atoms with E-state index in [1.165, 1.54) is 22.7 Å². The van der Waals surface area contributed by atoms with Crippen LogP contribution in [-0.2, 0) is 0 Å². The van der Waals surface area contributed by atoms with Crippen molar-refractivity contribution in [1.82, 2.24) is 9.97 Å². The molecule has 70 heavy (non-hydrogen) atoms. The molecule has 0 aliphatic rings. The van der Waals surface area contributed by atoms with E-state index in [1.54, 1.807) is 0 Å². The van der Waals surface area contributed by atoms with E-state index in [-0.39, 0.29) is 11.6 Å². The Hall–Kier alpha value is -8.56. The van der Waals surface area contributed by atoms with E-state index in [4.69, 9.17) is 21.4 Å². The first-order valence-corrected chi connectivity index (χ1v) is 24.7. The van der Waals surface area contributed by atoms with Crippen LogP contribution in [0.2, 0.25) is 0 Å². The minimum atomic E-state index is -0.167. The molecular weight excluding hydrogens is 897 g/mol. The van der Waals surface area contributed by atoms with Gasteiger partial charge in [0.15, 0.2) is 0 Å². The summed E-state index contributed by atoms with van der Waals surface area (Å²) < 4.78 is 0.